The lowest BCUT2D eigenvalue weighted by Gasteiger charge is -2.39. The van der Waals surface area contributed by atoms with Crippen molar-refractivity contribution < 1.29 is 9.18 Å². The summed E-state index contributed by atoms with van der Waals surface area (Å²) in [6, 6.07) is 15.3. The van der Waals surface area contributed by atoms with Crippen molar-refractivity contribution in [2.24, 2.45) is 0 Å². The van der Waals surface area contributed by atoms with Gasteiger partial charge in [-0.2, -0.15) is 0 Å². The first-order chi connectivity index (χ1) is 13.6. The molecule has 2 aliphatic rings. The Morgan fingerprint density at radius 2 is 1.71 bits per heavy atom. The van der Waals surface area contributed by atoms with Crippen LogP contribution in [0.1, 0.15) is 30.5 Å². The normalized spacial score (nSPS) is 19.3. The second-order valence-electron chi connectivity index (χ2n) is 7.79. The van der Waals surface area contributed by atoms with Gasteiger partial charge in [0.25, 0.3) is 0 Å². The van der Waals surface area contributed by atoms with E-state index in [9.17, 15) is 9.18 Å². The Balaban J connectivity index is 1.34. The Bertz CT molecular complexity index is 832. The molecule has 1 amide bonds. The average Bonchev–Trinajstić information content (AvgIpc) is 2.73. The summed E-state index contributed by atoms with van der Waals surface area (Å²) in [6.45, 7) is 6.68. The predicted molar refractivity (Wildman–Crippen MR) is 110 cm³/mol. The van der Waals surface area contributed by atoms with Crippen molar-refractivity contribution in [3.63, 3.8) is 0 Å². The molecule has 4 rings (SSSR count). The first-order valence-electron chi connectivity index (χ1n) is 10.2. The Hall–Kier alpha value is -2.24. The zero-order chi connectivity index (χ0) is 19.5. The fourth-order valence-electron chi connectivity index (χ4n) is 4.39. The van der Waals surface area contributed by atoms with Crippen LogP contribution >= 0.6 is 0 Å². The summed E-state index contributed by atoms with van der Waals surface area (Å²) >= 11 is 0. The number of aryl methyl sites for hydroxylation is 1. The summed E-state index contributed by atoms with van der Waals surface area (Å²) in [5, 5.41) is 0. The minimum Gasteiger partial charge on any atom is -0.311 e. The molecule has 0 N–H and O–H groups in total. The largest absolute Gasteiger partial charge is 0.311 e. The number of rotatable bonds is 4. The van der Waals surface area contributed by atoms with Crippen LogP contribution in [0.25, 0.3) is 0 Å². The van der Waals surface area contributed by atoms with Crippen molar-refractivity contribution in [2.45, 2.75) is 25.8 Å². The Morgan fingerprint density at radius 1 is 1.00 bits per heavy atom. The number of nitrogens with zero attached hydrogens (tertiary/aromatic N) is 3. The first-order valence-corrected chi connectivity index (χ1v) is 10.2. The number of halogens is 1. The number of para-hydroxylation sites is 1. The van der Waals surface area contributed by atoms with Gasteiger partial charge >= 0.3 is 0 Å². The average molecular weight is 381 g/mol. The number of piperazine rings is 1. The molecule has 0 spiro atoms. The lowest BCUT2D eigenvalue weighted by molar-refractivity contribution is -0.120. The number of anilines is 1. The second-order valence-corrected chi connectivity index (χ2v) is 7.79. The molecule has 2 heterocycles. The lowest BCUT2D eigenvalue weighted by atomic mass is 10.0. The number of carbonyl (C=O) groups excluding carboxylic acids is 1. The van der Waals surface area contributed by atoms with Crippen LogP contribution in [0.3, 0.4) is 0 Å². The van der Waals surface area contributed by atoms with E-state index in [1.54, 1.807) is 6.07 Å². The summed E-state index contributed by atoms with van der Waals surface area (Å²) in [7, 11) is 0. The van der Waals surface area contributed by atoms with E-state index >= 15 is 0 Å². The number of amides is 1. The Labute approximate surface area is 166 Å². The third kappa shape index (κ3) is 3.96. The van der Waals surface area contributed by atoms with Gasteiger partial charge in [-0.05, 0) is 37.5 Å². The van der Waals surface area contributed by atoms with E-state index in [4.69, 9.17) is 0 Å². The molecular formula is C23H28FN3O. The van der Waals surface area contributed by atoms with E-state index < -0.39 is 0 Å². The van der Waals surface area contributed by atoms with Crippen LogP contribution in [0.2, 0.25) is 0 Å². The first kappa shape index (κ1) is 19.1. The third-order valence-electron chi connectivity index (χ3n) is 6.08. The maximum absolute atomic E-state index is 14.1. The zero-order valence-corrected chi connectivity index (χ0v) is 16.5. The van der Waals surface area contributed by atoms with Crippen LogP contribution in [0.5, 0.6) is 0 Å². The number of hydrogen-bond donors (Lipinski definition) is 0. The Morgan fingerprint density at radius 3 is 2.50 bits per heavy atom. The van der Waals surface area contributed by atoms with E-state index in [2.05, 4.69) is 28.9 Å². The van der Waals surface area contributed by atoms with Gasteiger partial charge in [-0.1, -0.05) is 36.4 Å². The SMILES string of the molecule is CC(c1ccccc1F)N1CCN(CC(=O)N2CCCc3ccccc32)CC1. The van der Waals surface area contributed by atoms with Gasteiger partial charge in [0.15, 0.2) is 0 Å². The predicted octanol–water partition coefficient (Wildman–Crippen LogP) is 3.48. The van der Waals surface area contributed by atoms with E-state index in [1.807, 2.05) is 29.2 Å². The van der Waals surface area contributed by atoms with E-state index in [0.29, 0.717) is 6.54 Å². The summed E-state index contributed by atoms with van der Waals surface area (Å²) in [5.74, 6) is 0.0409. The lowest BCUT2D eigenvalue weighted by Crippen LogP contribution is -2.51. The van der Waals surface area contributed by atoms with E-state index in [-0.39, 0.29) is 17.8 Å². The van der Waals surface area contributed by atoms with Crippen molar-refractivity contribution in [1.82, 2.24) is 9.80 Å². The molecule has 5 heteroatoms. The summed E-state index contributed by atoms with van der Waals surface area (Å²) in [6.07, 6.45) is 2.07. The monoisotopic (exact) mass is 381 g/mol. The molecule has 0 aliphatic carbocycles. The van der Waals surface area contributed by atoms with E-state index in [1.165, 1.54) is 11.6 Å². The molecule has 1 unspecified atom stereocenters. The molecule has 0 saturated carbocycles. The fourth-order valence-corrected chi connectivity index (χ4v) is 4.39. The number of hydrogen-bond acceptors (Lipinski definition) is 3. The molecule has 1 saturated heterocycles. The molecule has 4 nitrogen and oxygen atoms in total. The smallest absolute Gasteiger partial charge is 0.241 e. The van der Waals surface area contributed by atoms with Crippen molar-refractivity contribution >= 4 is 11.6 Å². The van der Waals surface area contributed by atoms with Crippen LogP contribution in [-0.4, -0.2) is 55.0 Å². The highest BCUT2D eigenvalue weighted by Gasteiger charge is 2.27. The van der Waals surface area contributed by atoms with Gasteiger partial charge in [-0.15, -0.1) is 0 Å². The molecule has 2 aromatic carbocycles. The highest BCUT2D eigenvalue weighted by Crippen LogP contribution is 2.27. The van der Waals surface area contributed by atoms with Gasteiger partial charge in [0.1, 0.15) is 5.82 Å². The Kier molecular flexibility index (Phi) is 5.74. The van der Waals surface area contributed by atoms with Crippen LogP contribution < -0.4 is 4.90 Å². The molecule has 28 heavy (non-hydrogen) atoms. The van der Waals surface area contributed by atoms with Gasteiger partial charge in [0.05, 0.1) is 6.54 Å². The molecule has 0 radical (unpaired) electrons. The summed E-state index contributed by atoms with van der Waals surface area (Å²) in [5.41, 5.74) is 3.09. The molecule has 148 valence electrons. The van der Waals surface area contributed by atoms with Crippen molar-refractivity contribution in [2.75, 3.05) is 44.2 Å². The highest BCUT2D eigenvalue weighted by molar-refractivity contribution is 5.95. The summed E-state index contributed by atoms with van der Waals surface area (Å²) < 4.78 is 14.1. The minimum atomic E-state index is -0.142. The third-order valence-corrected chi connectivity index (χ3v) is 6.08. The fraction of sp³-hybridized carbons (Fsp3) is 0.435. The van der Waals surface area contributed by atoms with Crippen molar-refractivity contribution in [3.8, 4) is 0 Å². The van der Waals surface area contributed by atoms with Crippen LogP contribution in [-0.2, 0) is 11.2 Å². The maximum atomic E-state index is 14.1. The highest BCUT2D eigenvalue weighted by atomic mass is 19.1. The van der Waals surface area contributed by atoms with Gasteiger partial charge < -0.3 is 4.90 Å². The van der Waals surface area contributed by atoms with Crippen LogP contribution in [0, 0.1) is 5.82 Å². The van der Waals surface area contributed by atoms with Crippen molar-refractivity contribution in [1.29, 1.82) is 0 Å². The number of fused-ring (bicyclic) bond motifs is 1. The molecule has 0 bridgehead atoms. The molecule has 1 atom stereocenters. The van der Waals surface area contributed by atoms with Crippen LogP contribution in [0.15, 0.2) is 48.5 Å². The molecule has 1 fully saturated rings. The maximum Gasteiger partial charge on any atom is 0.241 e. The topological polar surface area (TPSA) is 26.8 Å². The number of benzene rings is 2. The van der Waals surface area contributed by atoms with Gasteiger partial charge in [0.2, 0.25) is 5.91 Å². The molecule has 0 aromatic heterocycles. The van der Waals surface area contributed by atoms with Crippen molar-refractivity contribution in [3.05, 3.63) is 65.5 Å². The molecule has 2 aliphatic heterocycles. The quantitative estimate of drug-likeness (QED) is 0.811. The van der Waals surface area contributed by atoms with E-state index in [0.717, 1.165) is 56.8 Å². The van der Waals surface area contributed by atoms with Gasteiger partial charge in [0, 0.05) is 50.0 Å². The van der Waals surface area contributed by atoms with Gasteiger partial charge in [-0.3, -0.25) is 14.6 Å². The standard InChI is InChI=1S/C23H28FN3O/c1-18(20-9-3-4-10-21(20)24)26-15-13-25(14-16-26)17-23(28)27-12-6-8-19-7-2-5-11-22(19)27/h2-5,7,9-11,18H,6,8,12-17H2,1H3. The molecular weight excluding hydrogens is 353 g/mol. The zero-order valence-electron chi connectivity index (χ0n) is 16.5. The molecule has 2 aromatic rings. The summed E-state index contributed by atoms with van der Waals surface area (Å²) in [4.78, 5) is 19.4. The second kappa shape index (κ2) is 8.41. The van der Waals surface area contributed by atoms with Crippen LogP contribution in [0.4, 0.5) is 10.1 Å². The minimum absolute atomic E-state index is 0.0491. The number of carbonyl (C=O) groups is 1. The van der Waals surface area contributed by atoms with Gasteiger partial charge in [-0.25, -0.2) is 4.39 Å².